The van der Waals surface area contributed by atoms with Crippen molar-refractivity contribution in [3.8, 4) is 0 Å². The Morgan fingerprint density at radius 3 is 2.48 bits per heavy atom. The van der Waals surface area contributed by atoms with Crippen LogP contribution in [0, 0.1) is 21.5 Å². The minimum Gasteiger partial charge on any atom is -0.463 e. The van der Waals surface area contributed by atoms with Gasteiger partial charge in [-0.15, -0.1) is 5.10 Å². The number of halogens is 1. The minimum absolute atomic E-state index is 0.147. The fraction of sp³-hybridized carbons (Fsp3) is 0.750. The molecular weight excluding hydrogens is 441 g/mol. The summed E-state index contributed by atoms with van der Waals surface area (Å²) < 4.78 is 18.5. The topological polar surface area (TPSA) is 92.5 Å². The number of hydrogen-bond donors (Lipinski definition) is 0. The van der Waals surface area contributed by atoms with Crippen LogP contribution in [0.25, 0.3) is 0 Å². The molecule has 0 aromatic carbocycles. The van der Waals surface area contributed by atoms with E-state index >= 15 is 0 Å². The van der Waals surface area contributed by atoms with Gasteiger partial charge < -0.3 is 14.2 Å². The molecule has 1 aromatic rings. The molecule has 2 rings (SSSR count). The zero-order valence-electron chi connectivity index (χ0n) is 15.1. The highest BCUT2D eigenvalue weighted by Gasteiger charge is 2.42. The number of aromatic nitrogens is 3. The van der Waals surface area contributed by atoms with Crippen molar-refractivity contribution in [2.75, 3.05) is 13.2 Å². The summed E-state index contributed by atoms with van der Waals surface area (Å²) >= 11 is 2.03. The van der Waals surface area contributed by atoms with Gasteiger partial charge in [0.1, 0.15) is 10.3 Å². The van der Waals surface area contributed by atoms with Gasteiger partial charge in [-0.2, -0.15) is 0 Å². The van der Waals surface area contributed by atoms with Crippen molar-refractivity contribution in [3.05, 3.63) is 9.39 Å². The number of ether oxygens (including phenoxy) is 3. The van der Waals surface area contributed by atoms with Gasteiger partial charge in [0.25, 0.3) is 0 Å². The Kier molecular flexibility index (Phi) is 6.78. The van der Waals surface area contributed by atoms with Crippen molar-refractivity contribution in [1.29, 1.82) is 0 Å². The van der Waals surface area contributed by atoms with Gasteiger partial charge in [-0.05, 0) is 41.4 Å². The van der Waals surface area contributed by atoms with Crippen molar-refractivity contribution >= 4 is 34.5 Å². The number of hydrogen-bond acceptors (Lipinski definition) is 7. The lowest BCUT2D eigenvalue weighted by Gasteiger charge is -2.43. The summed E-state index contributed by atoms with van der Waals surface area (Å²) in [6.07, 6.45) is -0.638. The van der Waals surface area contributed by atoms with Crippen LogP contribution in [-0.2, 0) is 19.0 Å². The Bertz CT molecular complexity index is 635. The van der Waals surface area contributed by atoms with Crippen LogP contribution in [0.4, 0.5) is 0 Å². The molecule has 1 aliphatic heterocycles. The lowest BCUT2D eigenvalue weighted by atomic mass is 9.78. The summed E-state index contributed by atoms with van der Waals surface area (Å²) in [4.78, 5) is 23.1. The van der Waals surface area contributed by atoms with Crippen LogP contribution in [0.3, 0.4) is 0 Å². The SMILES string of the molecule is CCOC(=O)c1nnn(C2OC(COC(C)=O)C(C)C(C)C2C)c1I. The van der Waals surface area contributed by atoms with E-state index in [2.05, 4.69) is 31.1 Å². The molecule has 0 N–H and O–H groups in total. The van der Waals surface area contributed by atoms with Crippen LogP contribution in [0.5, 0.6) is 0 Å². The quantitative estimate of drug-likeness (QED) is 0.487. The molecule has 0 amide bonds. The van der Waals surface area contributed by atoms with Gasteiger partial charge in [-0.1, -0.05) is 26.0 Å². The summed E-state index contributed by atoms with van der Waals surface area (Å²) in [5.74, 6) is -0.159. The second kappa shape index (κ2) is 8.43. The van der Waals surface area contributed by atoms with E-state index in [1.165, 1.54) is 6.92 Å². The highest BCUT2D eigenvalue weighted by atomic mass is 127. The Morgan fingerprint density at radius 1 is 1.20 bits per heavy atom. The number of nitrogens with zero attached hydrogens (tertiary/aromatic N) is 3. The third-order valence-electron chi connectivity index (χ3n) is 4.81. The summed E-state index contributed by atoms with van der Waals surface area (Å²) in [6.45, 7) is 9.89. The minimum atomic E-state index is -0.500. The van der Waals surface area contributed by atoms with E-state index in [0.717, 1.165) is 0 Å². The van der Waals surface area contributed by atoms with Crippen molar-refractivity contribution in [2.24, 2.45) is 17.8 Å². The summed E-state index contributed by atoms with van der Waals surface area (Å²) in [5, 5.41) is 8.06. The van der Waals surface area contributed by atoms with Gasteiger partial charge in [0.2, 0.25) is 5.69 Å². The maximum absolute atomic E-state index is 12.0. The van der Waals surface area contributed by atoms with Crippen LogP contribution in [0.15, 0.2) is 0 Å². The van der Waals surface area contributed by atoms with Crippen molar-refractivity contribution in [3.63, 3.8) is 0 Å². The molecule has 2 heterocycles. The molecule has 25 heavy (non-hydrogen) atoms. The number of carbonyl (C=O) groups excluding carboxylic acids is 2. The molecule has 1 fully saturated rings. The van der Waals surface area contributed by atoms with Gasteiger partial charge in [-0.25, -0.2) is 9.48 Å². The monoisotopic (exact) mass is 465 g/mol. The highest BCUT2D eigenvalue weighted by Crippen LogP contribution is 2.40. The maximum atomic E-state index is 12.0. The average Bonchev–Trinajstić information content (AvgIpc) is 2.94. The lowest BCUT2D eigenvalue weighted by Crippen LogP contribution is -2.45. The smallest absolute Gasteiger partial charge is 0.361 e. The molecule has 1 aromatic heterocycles. The summed E-state index contributed by atoms with van der Waals surface area (Å²) in [5.41, 5.74) is 0.182. The van der Waals surface area contributed by atoms with Crippen molar-refractivity contribution < 1.29 is 23.8 Å². The number of rotatable bonds is 5. The first kappa shape index (κ1) is 20.1. The van der Waals surface area contributed by atoms with Crippen molar-refractivity contribution in [1.82, 2.24) is 15.0 Å². The van der Waals surface area contributed by atoms with E-state index in [4.69, 9.17) is 14.2 Å². The van der Waals surface area contributed by atoms with E-state index in [9.17, 15) is 9.59 Å². The van der Waals surface area contributed by atoms with E-state index in [1.807, 2.05) is 22.6 Å². The zero-order valence-corrected chi connectivity index (χ0v) is 17.2. The Balaban J connectivity index is 2.24. The average molecular weight is 465 g/mol. The molecule has 0 saturated carbocycles. The second-order valence-corrected chi connectivity index (χ2v) is 7.36. The van der Waals surface area contributed by atoms with Gasteiger partial charge in [0.05, 0.1) is 12.7 Å². The second-order valence-electron chi connectivity index (χ2n) is 6.34. The molecule has 1 saturated heterocycles. The normalized spacial score (nSPS) is 29.3. The third kappa shape index (κ3) is 4.30. The number of carbonyl (C=O) groups is 2. The maximum Gasteiger partial charge on any atom is 0.361 e. The van der Waals surface area contributed by atoms with Crippen LogP contribution < -0.4 is 0 Å². The van der Waals surface area contributed by atoms with Crippen LogP contribution in [-0.4, -0.2) is 46.3 Å². The van der Waals surface area contributed by atoms with Crippen LogP contribution in [0.1, 0.15) is 51.3 Å². The summed E-state index contributed by atoms with van der Waals surface area (Å²) in [7, 11) is 0. The van der Waals surface area contributed by atoms with Gasteiger partial charge >= 0.3 is 11.9 Å². The Morgan fingerprint density at radius 2 is 1.88 bits per heavy atom. The zero-order chi connectivity index (χ0) is 18.7. The summed E-state index contributed by atoms with van der Waals surface area (Å²) in [6, 6.07) is 0. The predicted octanol–water partition coefficient (Wildman–Crippen LogP) is 2.43. The van der Waals surface area contributed by atoms with Gasteiger partial charge in [0, 0.05) is 12.8 Å². The standard InChI is InChI=1S/C16H24IN3O5/c1-6-23-16(22)13-14(17)20(19-18-13)15-10(4)8(2)9(3)12(25-15)7-24-11(5)21/h8-10,12,15H,6-7H2,1-5H3. The Labute approximate surface area is 160 Å². The molecule has 140 valence electrons. The molecular formula is C16H24IN3O5. The molecule has 8 nitrogen and oxygen atoms in total. The van der Waals surface area contributed by atoms with Crippen LogP contribution >= 0.6 is 22.6 Å². The van der Waals surface area contributed by atoms with Gasteiger partial charge in [-0.3, -0.25) is 4.79 Å². The van der Waals surface area contributed by atoms with Crippen LogP contribution in [0.2, 0.25) is 0 Å². The lowest BCUT2D eigenvalue weighted by molar-refractivity contribution is -0.193. The molecule has 0 spiro atoms. The predicted molar refractivity (Wildman–Crippen MR) is 96.7 cm³/mol. The first-order valence-corrected chi connectivity index (χ1v) is 9.42. The first-order chi connectivity index (χ1) is 11.8. The fourth-order valence-electron chi connectivity index (χ4n) is 2.94. The molecule has 0 aliphatic carbocycles. The fourth-order valence-corrected chi connectivity index (χ4v) is 3.64. The van der Waals surface area contributed by atoms with E-state index in [-0.39, 0.29) is 42.8 Å². The third-order valence-corrected chi connectivity index (χ3v) is 5.81. The molecule has 5 atom stereocenters. The van der Waals surface area contributed by atoms with E-state index < -0.39 is 12.2 Å². The van der Waals surface area contributed by atoms with E-state index in [1.54, 1.807) is 11.6 Å². The van der Waals surface area contributed by atoms with Gasteiger partial charge in [0.15, 0.2) is 6.23 Å². The molecule has 0 bridgehead atoms. The molecule has 9 heteroatoms. The molecule has 1 aliphatic rings. The largest absolute Gasteiger partial charge is 0.463 e. The van der Waals surface area contributed by atoms with Crippen molar-refractivity contribution in [2.45, 2.75) is 47.0 Å². The molecule has 5 unspecified atom stereocenters. The Hall–Kier alpha value is -1.23. The highest BCUT2D eigenvalue weighted by molar-refractivity contribution is 14.1. The first-order valence-electron chi connectivity index (χ1n) is 8.34. The number of esters is 2. The molecule has 0 radical (unpaired) electrons. The van der Waals surface area contributed by atoms with E-state index in [0.29, 0.717) is 9.62 Å².